The van der Waals surface area contributed by atoms with Crippen molar-refractivity contribution in [2.75, 3.05) is 11.5 Å². The number of rotatable bonds is 6. The van der Waals surface area contributed by atoms with E-state index in [1.165, 1.54) is 5.56 Å². The Hall–Kier alpha value is -4.65. The summed E-state index contributed by atoms with van der Waals surface area (Å²) in [5.41, 5.74) is 3.11. The molecule has 35 heavy (non-hydrogen) atoms. The quantitative estimate of drug-likeness (QED) is 0.331. The maximum atomic E-state index is 13.2. The third-order valence-electron chi connectivity index (χ3n) is 5.86. The normalized spacial score (nSPS) is 15.1. The molecule has 0 saturated carbocycles. The van der Waals surface area contributed by atoms with E-state index in [0.29, 0.717) is 24.4 Å². The number of carbonyl (C=O) groups excluding carboxylic acids is 3. The van der Waals surface area contributed by atoms with Crippen molar-refractivity contribution in [2.45, 2.75) is 13.5 Å². The third-order valence-corrected chi connectivity index (χ3v) is 5.86. The first-order valence-corrected chi connectivity index (χ1v) is 11.2. The van der Waals surface area contributed by atoms with Gasteiger partial charge in [0.1, 0.15) is 17.9 Å². The Labute approximate surface area is 202 Å². The fourth-order valence-electron chi connectivity index (χ4n) is 4.10. The highest BCUT2D eigenvalue weighted by Gasteiger charge is 2.36. The van der Waals surface area contributed by atoms with Crippen molar-refractivity contribution in [1.29, 1.82) is 0 Å². The zero-order valence-corrected chi connectivity index (χ0v) is 19.1. The summed E-state index contributed by atoms with van der Waals surface area (Å²) in [6, 6.07) is 23.4. The van der Waals surface area contributed by atoms with Crippen LogP contribution in [-0.2, 0) is 16.1 Å². The highest BCUT2D eigenvalue weighted by molar-refractivity contribution is 6.39. The van der Waals surface area contributed by atoms with Gasteiger partial charge in [-0.15, -0.1) is 0 Å². The molecule has 4 aromatic rings. The Balaban J connectivity index is 1.44. The zero-order valence-electron chi connectivity index (χ0n) is 19.1. The first-order chi connectivity index (χ1) is 17.0. The molecular weight excluding hydrogens is 442 g/mol. The highest BCUT2D eigenvalue weighted by Crippen LogP contribution is 2.26. The fourth-order valence-corrected chi connectivity index (χ4v) is 4.10. The van der Waals surface area contributed by atoms with Gasteiger partial charge in [0.15, 0.2) is 0 Å². The number of ether oxygens (including phenoxy) is 1. The van der Waals surface area contributed by atoms with E-state index in [9.17, 15) is 14.4 Å². The van der Waals surface area contributed by atoms with Crippen LogP contribution in [0.4, 0.5) is 10.5 Å². The summed E-state index contributed by atoms with van der Waals surface area (Å²) in [5.74, 6) is -0.583. The summed E-state index contributed by atoms with van der Waals surface area (Å²) >= 11 is 0. The predicted molar refractivity (Wildman–Crippen MR) is 134 cm³/mol. The molecule has 1 N–H and O–H groups in total. The van der Waals surface area contributed by atoms with Crippen molar-refractivity contribution in [3.8, 4) is 5.75 Å². The number of barbiturate groups is 1. The van der Waals surface area contributed by atoms with Gasteiger partial charge in [0, 0.05) is 22.7 Å². The molecule has 2 heterocycles. The van der Waals surface area contributed by atoms with E-state index >= 15 is 0 Å². The molecule has 0 radical (unpaired) electrons. The number of carbonyl (C=O) groups is 3. The molecule has 0 spiro atoms. The van der Waals surface area contributed by atoms with Crippen molar-refractivity contribution in [3.05, 3.63) is 102 Å². The number of hydrogen-bond donors (Lipinski definition) is 1. The average Bonchev–Trinajstić information content (AvgIpc) is 3.21. The number of benzene rings is 3. The van der Waals surface area contributed by atoms with Gasteiger partial charge in [0.25, 0.3) is 11.8 Å². The second-order valence-electron chi connectivity index (χ2n) is 8.25. The Kier molecular flexibility index (Phi) is 5.89. The minimum Gasteiger partial charge on any atom is -0.492 e. The van der Waals surface area contributed by atoms with Gasteiger partial charge in [-0.3, -0.25) is 14.9 Å². The van der Waals surface area contributed by atoms with Crippen molar-refractivity contribution < 1.29 is 19.1 Å². The number of para-hydroxylation sites is 2. The number of fused-ring (bicyclic) bond motifs is 1. The number of nitrogens with zero attached hydrogens (tertiary/aromatic N) is 2. The van der Waals surface area contributed by atoms with Crippen LogP contribution in [0, 0.1) is 6.92 Å². The SMILES string of the molecule is Cc1ccc(OCCn2cc(/C=C3/C(=O)NC(=O)N(c4ccccc4)C3=O)c3ccccc32)cc1. The van der Waals surface area contributed by atoms with E-state index in [4.69, 9.17) is 4.74 Å². The van der Waals surface area contributed by atoms with E-state index in [-0.39, 0.29) is 5.57 Å². The summed E-state index contributed by atoms with van der Waals surface area (Å²) in [5, 5.41) is 3.16. The molecule has 1 aromatic heterocycles. The maximum absolute atomic E-state index is 13.2. The van der Waals surface area contributed by atoms with E-state index in [2.05, 4.69) is 5.32 Å². The average molecular weight is 466 g/mol. The van der Waals surface area contributed by atoms with Crippen LogP contribution in [0.3, 0.4) is 0 Å². The maximum Gasteiger partial charge on any atom is 0.335 e. The van der Waals surface area contributed by atoms with Crippen LogP contribution in [0.15, 0.2) is 90.6 Å². The summed E-state index contributed by atoms with van der Waals surface area (Å²) in [6.07, 6.45) is 3.43. The van der Waals surface area contributed by atoms with E-state index in [0.717, 1.165) is 21.6 Å². The summed E-state index contributed by atoms with van der Waals surface area (Å²) < 4.78 is 7.91. The van der Waals surface area contributed by atoms with Crippen molar-refractivity contribution in [1.82, 2.24) is 9.88 Å². The van der Waals surface area contributed by atoms with E-state index < -0.39 is 17.8 Å². The van der Waals surface area contributed by atoms with E-state index in [1.807, 2.05) is 66.2 Å². The van der Waals surface area contributed by atoms with Gasteiger partial charge in [-0.2, -0.15) is 0 Å². The van der Waals surface area contributed by atoms with Crippen LogP contribution in [0.25, 0.3) is 17.0 Å². The number of anilines is 1. The molecule has 5 rings (SSSR count). The molecule has 1 saturated heterocycles. The molecular formula is C28H23N3O4. The number of imide groups is 2. The molecule has 0 unspecified atom stereocenters. The summed E-state index contributed by atoms with van der Waals surface area (Å²) in [6.45, 7) is 3.05. The first kappa shape index (κ1) is 22.2. The van der Waals surface area contributed by atoms with Gasteiger partial charge in [0.2, 0.25) is 0 Å². The minimum absolute atomic E-state index is 0.104. The molecule has 4 amide bonds. The lowest BCUT2D eigenvalue weighted by Crippen LogP contribution is -2.54. The zero-order chi connectivity index (χ0) is 24.4. The van der Waals surface area contributed by atoms with Crippen LogP contribution in [-0.4, -0.2) is 29.0 Å². The smallest absolute Gasteiger partial charge is 0.335 e. The molecule has 1 aliphatic rings. The second-order valence-corrected chi connectivity index (χ2v) is 8.25. The summed E-state index contributed by atoms with van der Waals surface area (Å²) in [7, 11) is 0. The van der Waals surface area contributed by atoms with Crippen LogP contribution in [0.5, 0.6) is 5.75 Å². The first-order valence-electron chi connectivity index (χ1n) is 11.2. The largest absolute Gasteiger partial charge is 0.492 e. The van der Waals surface area contributed by atoms with Crippen LogP contribution in [0.1, 0.15) is 11.1 Å². The third kappa shape index (κ3) is 4.44. The number of hydrogen-bond acceptors (Lipinski definition) is 4. The topological polar surface area (TPSA) is 80.6 Å². The number of nitrogens with one attached hydrogen (secondary N) is 1. The number of aromatic nitrogens is 1. The molecule has 1 fully saturated rings. The van der Waals surface area contributed by atoms with E-state index in [1.54, 1.807) is 36.4 Å². The van der Waals surface area contributed by atoms with Gasteiger partial charge in [0.05, 0.1) is 12.2 Å². The lowest BCUT2D eigenvalue weighted by Gasteiger charge is -2.26. The molecule has 7 heteroatoms. The Bertz CT molecular complexity index is 1450. The molecule has 3 aromatic carbocycles. The molecule has 174 valence electrons. The Morgan fingerprint density at radius 1 is 0.886 bits per heavy atom. The minimum atomic E-state index is -0.765. The van der Waals surface area contributed by atoms with Crippen LogP contribution >= 0.6 is 0 Å². The van der Waals surface area contributed by atoms with Crippen LogP contribution < -0.4 is 15.0 Å². The standard InChI is InChI=1S/C28H23N3O4/c1-19-11-13-22(14-12-19)35-16-15-30-18-20(23-9-5-6-10-25(23)30)17-24-26(32)29-28(34)31(27(24)33)21-7-3-2-4-8-21/h2-14,17-18H,15-16H2,1H3,(H,29,32,34)/b24-17-. The second kappa shape index (κ2) is 9.30. The highest BCUT2D eigenvalue weighted by atomic mass is 16.5. The number of urea groups is 1. The van der Waals surface area contributed by atoms with Gasteiger partial charge < -0.3 is 9.30 Å². The molecule has 0 atom stereocenters. The molecule has 7 nitrogen and oxygen atoms in total. The monoisotopic (exact) mass is 465 g/mol. The number of amides is 4. The van der Waals surface area contributed by atoms with Gasteiger partial charge in [-0.05, 0) is 43.3 Å². The van der Waals surface area contributed by atoms with Gasteiger partial charge in [-0.25, -0.2) is 9.69 Å². The van der Waals surface area contributed by atoms with Crippen LogP contribution in [0.2, 0.25) is 0 Å². The fraction of sp³-hybridized carbons (Fsp3) is 0.107. The Morgan fingerprint density at radius 3 is 2.37 bits per heavy atom. The Morgan fingerprint density at radius 2 is 1.60 bits per heavy atom. The number of aryl methyl sites for hydroxylation is 1. The van der Waals surface area contributed by atoms with Gasteiger partial charge in [-0.1, -0.05) is 54.1 Å². The molecule has 1 aliphatic heterocycles. The molecule has 0 bridgehead atoms. The van der Waals surface area contributed by atoms with Crippen molar-refractivity contribution >= 4 is 40.5 Å². The van der Waals surface area contributed by atoms with Gasteiger partial charge >= 0.3 is 6.03 Å². The lowest BCUT2D eigenvalue weighted by atomic mass is 10.1. The summed E-state index contributed by atoms with van der Waals surface area (Å²) in [4.78, 5) is 39.2. The van der Waals surface area contributed by atoms with Crippen molar-refractivity contribution in [3.63, 3.8) is 0 Å². The van der Waals surface area contributed by atoms with Crippen molar-refractivity contribution in [2.24, 2.45) is 0 Å². The molecule has 0 aliphatic carbocycles. The predicted octanol–water partition coefficient (Wildman–Crippen LogP) is 4.70. The lowest BCUT2D eigenvalue weighted by molar-refractivity contribution is -0.122.